The van der Waals surface area contributed by atoms with Crippen molar-refractivity contribution < 1.29 is 9.59 Å². The summed E-state index contributed by atoms with van der Waals surface area (Å²) in [7, 11) is 0. The van der Waals surface area contributed by atoms with E-state index in [0.29, 0.717) is 32.7 Å². The van der Waals surface area contributed by atoms with Gasteiger partial charge in [0.05, 0.1) is 6.54 Å². The average molecular weight is 380 g/mol. The van der Waals surface area contributed by atoms with Crippen molar-refractivity contribution in [1.82, 2.24) is 9.80 Å². The molecule has 0 aromatic heterocycles. The van der Waals surface area contributed by atoms with Crippen LogP contribution in [0.2, 0.25) is 0 Å². The molecule has 1 aliphatic heterocycles. The number of piperazine rings is 1. The van der Waals surface area contributed by atoms with Gasteiger partial charge in [-0.05, 0) is 68.1 Å². The monoisotopic (exact) mass is 379 g/mol. The topological polar surface area (TPSA) is 52.7 Å². The zero-order valence-corrected chi connectivity index (χ0v) is 17.2. The largest absolute Gasteiger partial charge is 0.336 e. The van der Waals surface area contributed by atoms with Gasteiger partial charge in [-0.25, -0.2) is 0 Å². The van der Waals surface area contributed by atoms with E-state index in [1.165, 1.54) is 5.56 Å². The number of carbonyl (C=O) groups excluding carboxylic acids is 2. The molecule has 1 fully saturated rings. The molecule has 0 unspecified atom stereocenters. The second-order valence-corrected chi connectivity index (χ2v) is 7.73. The van der Waals surface area contributed by atoms with Crippen molar-refractivity contribution in [3.63, 3.8) is 0 Å². The fourth-order valence-electron chi connectivity index (χ4n) is 3.43. The molecule has 28 heavy (non-hydrogen) atoms. The van der Waals surface area contributed by atoms with Gasteiger partial charge in [0.15, 0.2) is 0 Å². The first-order valence-corrected chi connectivity index (χ1v) is 9.79. The van der Waals surface area contributed by atoms with E-state index in [1.807, 2.05) is 69.0 Å². The molecule has 0 radical (unpaired) electrons. The van der Waals surface area contributed by atoms with Crippen LogP contribution in [0.25, 0.3) is 0 Å². The normalized spacial score (nSPS) is 14.8. The first kappa shape index (κ1) is 20.1. The van der Waals surface area contributed by atoms with Gasteiger partial charge in [-0.3, -0.25) is 14.5 Å². The van der Waals surface area contributed by atoms with Crippen LogP contribution < -0.4 is 5.32 Å². The van der Waals surface area contributed by atoms with Gasteiger partial charge < -0.3 is 10.2 Å². The summed E-state index contributed by atoms with van der Waals surface area (Å²) >= 11 is 0. The van der Waals surface area contributed by atoms with E-state index in [-0.39, 0.29) is 11.8 Å². The molecule has 0 bridgehead atoms. The van der Waals surface area contributed by atoms with Crippen molar-refractivity contribution in [3.8, 4) is 0 Å². The lowest BCUT2D eigenvalue weighted by atomic mass is 10.1. The maximum absolute atomic E-state index is 12.7. The highest BCUT2D eigenvalue weighted by Crippen LogP contribution is 2.17. The molecule has 1 aliphatic rings. The molecule has 2 amide bonds. The summed E-state index contributed by atoms with van der Waals surface area (Å²) in [6.07, 6.45) is 0. The number of rotatable bonds is 4. The van der Waals surface area contributed by atoms with Crippen molar-refractivity contribution in [2.75, 3.05) is 38.0 Å². The first-order chi connectivity index (χ1) is 13.3. The second kappa shape index (κ2) is 8.57. The second-order valence-electron chi connectivity index (χ2n) is 7.73. The van der Waals surface area contributed by atoms with Gasteiger partial charge in [0, 0.05) is 37.4 Å². The molecule has 2 aromatic carbocycles. The number of hydrogen-bond donors (Lipinski definition) is 1. The van der Waals surface area contributed by atoms with E-state index >= 15 is 0 Å². The third kappa shape index (κ3) is 4.78. The number of benzene rings is 2. The molecule has 0 atom stereocenters. The van der Waals surface area contributed by atoms with Gasteiger partial charge in [-0.1, -0.05) is 18.2 Å². The lowest BCUT2D eigenvalue weighted by molar-refractivity contribution is -0.117. The predicted molar refractivity (Wildman–Crippen MR) is 113 cm³/mol. The van der Waals surface area contributed by atoms with E-state index in [0.717, 1.165) is 27.9 Å². The predicted octanol–water partition coefficient (Wildman–Crippen LogP) is 3.32. The van der Waals surface area contributed by atoms with E-state index in [4.69, 9.17) is 0 Å². The molecule has 2 aromatic rings. The number of nitrogens with zero attached hydrogens (tertiary/aromatic N) is 2. The van der Waals surface area contributed by atoms with E-state index in [2.05, 4.69) is 10.2 Å². The number of aryl methyl sites for hydroxylation is 4. The molecule has 148 valence electrons. The van der Waals surface area contributed by atoms with E-state index < -0.39 is 0 Å². The van der Waals surface area contributed by atoms with Gasteiger partial charge in [0.2, 0.25) is 5.91 Å². The summed E-state index contributed by atoms with van der Waals surface area (Å²) in [5.41, 5.74) is 6.11. The highest BCUT2D eigenvalue weighted by molar-refractivity contribution is 5.95. The van der Waals surface area contributed by atoms with Crippen molar-refractivity contribution in [1.29, 1.82) is 0 Å². The Hall–Kier alpha value is -2.66. The molecule has 1 saturated heterocycles. The first-order valence-electron chi connectivity index (χ1n) is 9.79. The van der Waals surface area contributed by atoms with Crippen LogP contribution in [0.1, 0.15) is 32.6 Å². The number of amides is 2. The molecular weight excluding hydrogens is 350 g/mol. The number of carbonyl (C=O) groups is 2. The van der Waals surface area contributed by atoms with Crippen molar-refractivity contribution in [2.45, 2.75) is 27.7 Å². The van der Waals surface area contributed by atoms with Crippen LogP contribution in [0.5, 0.6) is 0 Å². The summed E-state index contributed by atoms with van der Waals surface area (Å²) in [5, 5.41) is 3.01. The van der Waals surface area contributed by atoms with Crippen LogP contribution in [0.3, 0.4) is 0 Å². The Bertz CT molecular complexity index is 883. The van der Waals surface area contributed by atoms with Crippen molar-refractivity contribution in [2.24, 2.45) is 0 Å². The maximum Gasteiger partial charge on any atom is 0.253 e. The third-order valence-corrected chi connectivity index (χ3v) is 5.45. The lowest BCUT2D eigenvalue weighted by Crippen LogP contribution is -2.50. The fraction of sp³-hybridized carbons (Fsp3) is 0.391. The van der Waals surface area contributed by atoms with Crippen LogP contribution in [0.15, 0.2) is 36.4 Å². The van der Waals surface area contributed by atoms with Crippen molar-refractivity contribution >= 4 is 17.5 Å². The van der Waals surface area contributed by atoms with Crippen molar-refractivity contribution in [3.05, 3.63) is 64.2 Å². The molecular formula is C23H29N3O2. The molecule has 0 spiro atoms. The highest BCUT2D eigenvalue weighted by atomic mass is 16.2. The van der Waals surface area contributed by atoms with Crippen LogP contribution in [0, 0.1) is 27.7 Å². The number of nitrogens with one attached hydrogen (secondary N) is 1. The summed E-state index contributed by atoms with van der Waals surface area (Å²) in [5.74, 6) is 0.0604. The third-order valence-electron chi connectivity index (χ3n) is 5.45. The summed E-state index contributed by atoms with van der Waals surface area (Å²) in [4.78, 5) is 29.1. The SMILES string of the molecule is Cc1ccc(C)c(NC(=O)CN2CCN(C(=O)c3ccc(C)c(C)c3)CC2)c1. The molecule has 3 rings (SSSR count). The Morgan fingerprint density at radius 3 is 2.21 bits per heavy atom. The minimum Gasteiger partial charge on any atom is -0.336 e. The Morgan fingerprint density at radius 1 is 0.857 bits per heavy atom. The van der Waals surface area contributed by atoms with Gasteiger partial charge in [-0.15, -0.1) is 0 Å². The standard InChI is InChI=1S/C23H29N3O2/c1-16-5-6-18(3)21(13-16)24-22(27)15-25-9-11-26(12-10-25)23(28)20-8-7-17(2)19(4)14-20/h5-8,13-14H,9-12,15H2,1-4H3,(H,24,27). The molecule has 1 N–H and O–H groups in total. The van der Waals surface area contributed by atoms with Gasteiger partial charge in [0.1, 0.15) is 0 Å². The van der Waals surface area contributed by atoms with Gasteiger partial charge in [0.25, 0.3) is 5.91 Å². The molecule has 1 heterocycles. The lowest BCUT2D eigenvalue weighted by Gasteiger charge is -2.34. The smallest absolute Gasteiger partial charge is 0.253 e. The van der Waals surface area contributed by atoms with Crippen LogP contribution in [-0.2, 0) is 4.79 Å². The molecule has 0 aliphatic carbocycles. The Morgan fingerprint density at radius 2 is 1.54 bits per heavy atom. The molecule has 5 heteroatoms. The molecule has 0 saturated carbocycles. The zero-order chi connectivity index (χ0) is 20.3. The van der Waals surface area contributed by atoms with E-state index in [9.17, 15) is 9.59 Å². The summed E-state index contributed by atoms with van der Waals surface area (Å²) < 4.78 is 0. The number of anilines is 1. The quantitative estimate of drug-likeness (QED) is 0.887. The Kier molecular flexibility index (Phi) is 6.15. The zero-order valence-electron chi connectivity index (χ0n) is 17.2. The number of hydrogen-bond acceptors (Lipinski definition) is 3. The van der Waals surface area contributed by atoms with Gasteiger partial charge >= 0.3 is 0 Å². The van der Waals surface area contributed by atoms with Crippen LogP contribution >= 0.6 is 0 Å². The van der Waals surface area contributed by atoms with Crippen LogP contribution in [-0.4, -0.2) is 54.3 Å². The Labute approximate surface area is 167 Å². The summed E-state index contributed by atoms with van der Waals surface area (Å²) in [6, 6.07) is 11.9. The summed E-state index contributed by atoms with van der Waals surface area (Å²) in [6.45, 7) is 11.1. The minimum atomic E-state index is -0.0114. The Balaban J connectivity index is 1.52. The average Bonchev–Trinajstić information content (AvgIpc) is 2.67. The molecule has 5 nitrogen and oxygen atoms in total. The maximum atomic E-state index is 12.7. The highest BCUT2D eigenvalue weighted by Gasteiger charge is 2.23. The van der Waals surface area contributed by atoms with Crippen LogP contribution in [0.4, 0.5) is 5.69 Å². The fourth-order valence-corrected chi connectivity index (χ4v) is 3.43. The van der Waals surface area contributed by atoms with E-state index in [1.54, 1.807) is 0 Å². The minimum absolute atomic E-state index is 0.0114. The van der Waals surface area contributed by atoms with Gasteiger partial charge in [-0.2, -0.15) is 0 Å².